The molecule has 0 nitrogen and oxygen atoms in total. The number of alkyl halides is 3. The van der Waals surface area contributed by atoms with Crippen LogP contribution in [-0.2, 0) is 0 Å². The average Bonchev–Trinajstić information content (AvgIpc) is 2.20. The molecule has 0 atom stereocenters. The maximum absolute atomic E-state index is 12.0. The molecule has 0 fully saturated rings. The van der Waals surface area contributed by atoms with Crippen LogP contribution in [0, 0.1) is 0 Å². The van der Waals surface area contributed by atoms with Crippen molar-refractivity contribution in [1.82, 2.24) is 0 Å². The summed E-state index contributed by atoms with van der Waals surface area (Å²) in [5.74, 6) is 0. The van der Waals surface area contributed by atoms with Crippen molar-refractivity contribution in [3.63, 3.8) is 0 Å². The summed E-state index contributed by atoms with van der Waals surface area (Å²) >= 11 is 0. The topological polar surface area (TPSA) is 0 Å². The van der Waals surface area contributed by atoms with Crippen molar-refractivity contribution in [2.24, 2.45) is 0 Å². The summed E-state index contributed by atoms with van der Waals surface area (Å²) in [5, 5.41) is 0. The quantitative estimate of drug-likeness (QED) is 0.637. The first-order chi connectivity index (χ1) is 6.52. The number of allylic oxidation sites excluding steroid dienone is 1. The van der Waals surface area contributed by atoms with Crippen LogP contribution in [0.5, 0.6) is 0 Å². The van der Waals surface area contributed by atoms with Gasteiger partial charge in [-0.25, -0.2) is 0 Å². The van der Waals surface area contributed by atoms with E-state index in [1.807, 2.05) is 13.8 Å². The fourth-order valence-corrected chi connectivity index (χ4v) is 0.803. The zero-order valence-electron chi connectivity index (χ0n) is 8.23. The Morgan fingerprint density at radius 2 is 1.50 bits per heavy atom. The van der Waals surface area contributed by atoms with E-state index >= 15 is 0 Å². The Labute approximate surface area is 82.1 Å². The molecule has 0 unspecified atom stereocenters. The van der Waals surface area contributed by atoms with Crippen LogP contribution >= 0.6 is 0 Å². The molecule has 0 amide bonds. The molecule has 1 rings (SSSR count). The lowest BCUT2D eigenvalue weighted by Gasteiger charge is -2.08. The van der Waals surface area contributed by atoms with E-state index in [2.05, 4.69) is 6.58 Å². The Bertz CT molecular complexity index is 272. The van der Waals surface area contributed by atoms with Gasteiger partial charge in [0.15, 0.2) is 0 Å². The van der Waals surface area contributed by atoms with Crippen LogP contribution in [0.4, 0.5) is 13.2 Å². The molecule has 0 heterocycles. The molecule has 1 aromatic rings. The van der Waals surface area contributed by atoms with Crippen molar-refractivity contribution in [1.29, 1.82) is 0 Å². The molecule has 78 valence electrons. The molecule has 3 heteroatoms. The van der Waals surface area contributed by atoms with Gasteiger partial charge >= 0.3 is 6.18 Å². The van der Waals surface area contributed by atoms with E-state index in [-0.39, 0.29) is 5.56 Å². The van der Waals surface area contributed by atoms with Crippen molar-refractivity contribution >= 4 is 5.57 Å². The van der Waals surface area contributed by atoms with Crippen LogP contribution < -0.4 is 0 Å². The van der Waals surface area contributed by atoms with Crippen LogP contribution in [0.25, 0.3) is 5.57 Å². The average molecular weight is 202 g/mol. The molecular weight excluding hydrogens is 189 g/mol. The second kappa shape index (κ2) is 5.47. The van der Waals surface area contributed by atoms with Crippen LogP contribution in [-0.4, -0.2) is 6.18 Å². The lowest BCUT2D eigenvalue weighted by Crippen LogP contribution is -2.09. The summed E-state index contributed by atoms with van der Waals surface area (Å²) in [5.41, 5.74) is -0.687. The summed E-state index contributed by atoms with van der Waals surface area (Å²) in [7, 11) is 0. The van der Waals surface area contributed by atoms with Crippen molar-refractivity contribution in [3.8, 4) is 0 Å². The molecule has 0 aliphatic rings. The van der Waals surface area contributed by atoms with Crippen LogP contribution in [0.2, 0.25) is 0 Å². The normalized spacial score (nSPS) is 10.1. The summed E-state index contributed by atoms with van der Waals surface area (Å²) in [6, 6.07) is 7.53. The van der Waals surface area contributed by atoms with Crippen molar-refractivity contribution < 1.29 is 13.2 Å². The summed E-state index contributed by atoms with van der Waals surface area (Å²) < 4.78 is 36.1. The van der Waals surface area contributed by atoms with Crippen LogP contribution in [0.15, 0.2) is 36.9 Å². The second-order valence-electron chi connectivity index (χ2n) is 2.34. The molecule has 0 saturated carbocycles. The van der Waals surface area contributed by atoms with Gasteiger partial charge in [-0.05, 0) is 5.56 Å². The molecule has 0 bridgehead atoms. The Balaban J connectivity index is 0.000000791. The van der Waals surface area contributed by atoms with Crippen molar-refractivity contribution in [2.75, 3.05) is 0 Å². The van der Waals surface area contributed by atoms with E-state index in [0.717, 1.165) is 0 Å². The molecule has 0 aromatic heterocycles. The van der Waals surface area contributed by atoms with Gasteiger partial charge in [0, 0.05) is 0 Å². The predicted octanol–water partition coefficient (Wildman–Crippen LogP) is 4.29. The Morgan fingerprint density at radius 1 is 1.07 bits per heavy atom. The molecular formula is C11H13F3. The van der Waals surface area contributed by atoms with Crippen molar-refractivity contribution in [3.05, 3.63) is 42.5 Å². The molecule has 0 aliphatic carbocycles. The van der Waals surface area contributed by atoms with Gasteiger partial charge in [-0.15, -0.1) is 0 Å². The second-order valence-corrected chi connectivity index (χ2v) is 2.34. The third kappa shape index (κ3) is 3.64. The van der Waals surface area contributed by atoms with Gasteiger partial charge in [-0.1, -0.05) is 50.8 Å². The first kappa shape index (κ1) is 12.8. The fourth-order valence-electron chi connectivity index (χ4n) is 0.803. The molecule has 1 aromatic carbocycles. The highest BCUT2D eigenvalue weighted by Gasteiger charge is 2.32. The fraction of sp³-hybridized carbons (Fsp3) is 0.273. The van der Waals surface area contributed by atoms with Gasteiger partial charge in [0.05, 0.1) is 5.57 Å². The summed E-state index contributed by atoms with van der Waals surface area (Å²) in [4.78, 5) is 0. The highest BCUT2D eigenvalue weighted by Crippen LogP contribution is 2.31. The third-order valence-electron chi connectivity index (χ3n) is 1.46. The van der Waals surface area contributed by atoms with E-state index in [9.17, 15) is 13.2 Å². The molecule has 14 heavy (non-hydrogen) atoms. The summed E-state index contributed by atoms with van der Waals surface area (Å²) in [6.45, 7) is 6.97. The monoisotopic (exact) mass is 202 g/mol. The van der Waals surface area contributed by atoms with E-state index in [1.165, 1.54) is 12.1 Å². The lowest BCUT2D eigenvalue weighted by atomic mass is 10.1. The smallest absolute Gasteiger partial charge is 0.166 e. The minimum absolute atomic E-state index is 0.116. The molecule has 0 aliphatic heterocycles. The third-order valence-corrected chi connectivity index (χ3v) is 1.46. The zero-order valence-corrected chi connectivity index (χ0v) is 8.23. The van der Waals surface area contributed by atoms with Crippen LogP contribution in [0.1, 0.15) is 19.4 Å². The number of hydrogen-bond donors (Lipinski definition) is 0. The number of hydrogen-bond acceptors (Lipinski definition) is 0. The standard InChI is InChI=1S/C9H7F3.C2H6/c1-7(9(10,11)12)8-5-3-2-4-6-8;1-2/h2-6H,1H2;1-2H3. The van der Waals surface area contributed by atoms with Gasteiger partial charge in [0.1, 0.15) is 0 Å². The highest BCUT2D eigenvalue weighted by atomic mass is 19.4. The van der Waals surface area contributed by atoms with Crippen LogP contribution in [0.3, 0.4) is 0 Å². The van der Waals surface area contributed by atoms with E-state index in [1.54, 1.807) is 18.2 Å². The van der Waals surface area contributed by atoms with Gasteiger partial charge < -0.3 is 0 Å². The van der Waals surface area contributed by atoms with Gasteiger partial charge in [-0.2, -0.15) is 13.2 Å². The molecule has 0 saturated heterocycles. The first-order valence-electron chi connectivity index (χ1n) is 4.33. The highest BCUT2D eigenvalue weighted by molar-refractivity contribution is 5.67. The number of halogens is 3. The van der Waals surface area contributed by atoms with E-state index in [4.69, 9.17) is 0 Å². The predicted molar refractivity (Wildman–Crippen MR) is 52.9 cm³/mol. The Kier molecular flexibility index (Phi) is 4.99. The number of benzene rings is 1. The first-order valence-corrected chi connectivity index (χ1v) is 4.33. The molecule has 0 spiro atoms. The minimum atomic E-state index is -4.33. The minimum Gasteiger partial charge on any atom is -0.166 e. The Hall–Kier alpha value is -1.25. The summed E-state index contributed by atoms with van der Waals surface area (Å²) in [6.07, 6.45) is -4.33. The number of rotatable bonds is 1. The van der Waals surface area contributed by atoms with E-state index < -0.39 is 11.7 Å². The van der Waals surface area contributed by atoms with Crippen molar-refractivity contribution in [2.45, 2.75) is 20.0 Å². The largest absolute Gasteiger partial charge is 0.416 e. The lowest BCUT2D eigenvalue weighted by molar-refractivity contribution is -0.0686. The van der Waals surface area contributed by atoms with Gasteiger partial charge in [0.2, 0.25) is 0 Å². The maximum atomic E-state index is 12.0. The Morgan fingerprint density at radius 3 is 1.86 bits per heavy atom. The van der Waals surface area contributed by atoms with E-state index in [0.29, 0.717) is 0 Å². The SMILES string of the molecule is C=C(c1ccccc1)C(F)(F)F.CC. The molecule has 0 radical (unpaired) electrons. The zero-order chi connectivity index (χ0) is 11.2. The van der Waals surface area contributed by atoms with Gasteiger partial charge in [-0.3, -0.25) is 0 Å². The maximum Gasteiger partial charge on any atom is 0.416 e. The van der Waals surface area contributed by atoms with Gasteiger partial charge in [0.25, 0.3) is 0 Å². The molecule has 0 N–H and O–H groups in total.